The van der Waals surface area contributed by atoms with Gasteiger partial charge in [-0.1, -0.05) is 43.9 Å². The third-order valence-corrected chi connectivity index (χ3v) is 3.35. The first-order valence-electron chi connectivity index (χ1n) is 7.53. The number of hydrogen-bond donors (Lipinski definition) is 2. The number of anilines is 2. The smallest absolute Gasteiger partial charge is 0.248 e. The topological polar surface area (TPSA) is 58.2 Å². The van der Waals surface area contributed by atoms with Crippen LogP contribution in [0.15, 0.2) is 29.8 Å². The molecular formula is C17H23ClN2O2. The second kappa shape index (κ2) is 9.26. The van der Waals surface area contributed by atoms with Crippen molar-refractivity contribution in [2.75, 3.05) is 10.6 Å². The summed E-state index contributed by atoms with van der Waals surface area (Å²) < 4.78 is 0. The van der Waals surface area contributed by atoms with Crippen molar-refractivity contribution in [2.24, 2.45) is 0 Å². The number of hydrogen-bond acceptors (Lipinski definition) is 2. The van der Waals surface area contributed by atoms with Crippen molar-refractivity contribution in [3.05, 3.63) is 34.9 Å². The molecule has 5 heteroatoms. The van der Waals surface area contributed by atoms with Crippen molar-refractivity contribution < 1.29 is 9.59 Å². The molecule has 0 aliphatic rings. The average Bonchev–Trinajstić information content (AvgIpc) is 2.42. The highest BCUT2D eigenvalue weighted by atomic mass is 35.5. The molecule has 0 radical (unpaired) electrons. The van der Waals surface area contributed by atoms with E-state index in [1.807, 2.05) is 0 Å². The third kappa shape index (κ3) is 6.31. The van der Waals surface area contributed by atoms with E-state index in [1.54, 1.807) is 24.3 Å². The Morgan fingerprint density at radius 2 is 1.77 bits per heavy atom. The number of carbonyl (C=O) groups excluding carboxylic acids is 2. The fraction of sp³-hybridized carbons (Fsp3) is 0.412. The van der Waals surface area contributed by atoms with Gasteiger partial charge in [-0.15, -0.1) is 0 Å². The number of nitrogens with one attached hydrogen (secondary N) is 2. The van der Waals surface area contributed by atoms with E-state index in [4.69, 9.17) is 11.6 Å². The Morgan fingerprint density at radius 3 is 2.32 bits per heavy atom. The maximum Gasteiger partial charge on any atom is 0.248 e. The van der Waals surface area contributed by atoms with E-state index in [0.29, 0.717) is 16.4 Å². The molecule has 22 heavy (non-hydrogen) atoms. The average molecular weight is 323 g/mol. The van der Waals surface area contributed by atoms with Gasteiger partial charge in [-0.2, -0.15) is 0 Å². The molecule has 1 aromatic carbocycles. The quantitative estimate of drug-likeness (QED) is 0.711. The van der Waals surface area contributed by atoms with Gasteiger partial charge in [0.25, 0.3) is 0 Å². The molecule has 1 aromatic rings. The molecule has 0 aliphatic carbocycles. The summed E-state index contributed by atoms with van der Waals surface area (Å²) in [4.78, 5) is 23.2. The largest absolute Gasteiger partial charge is 0.326 e. The second-order valence-corrected chi connectivity index (χ2v) is 5.57. The van der Waals surface area contributed by atoms with Crippen LogP contribution in [0.5, 0.6) is 0 Å². The van der Waals surface area contributed by atoms with Crippen molar-refractivity contribution in [2.45, 2.75) is 46.5 Å². The lowest BCUT2D eigenvalue weighted by atomic mass is 10.1. The molecule has 4 nitrogen and oxygen atoms in total. The van der Waals surface area contributed by atoms with Gasteiger partial charge in [-0.3, -0.25) is 9.59 Å². The van der Waals surface area contributed by atoms with Crippen LogP contribution in [0.25, 0.3) is 0 Å². The van der Waals surface area contributed by atoms with Crippen LogP contribution in [0.3, 0.4) is 0 Å². The molecule has 2 amide bonds. The molecule has 0 saturated heterocycles. The fourth-order valence-electron chi connectivity index (χ4n) is 2.17. The maximum absolute atomic E-state index is 12.1. The van der Waals surface area contributed by atoms with Crippen molar-refractivity contribution in [1.29, 1.82) is 0 Å². The Kier molecular flexibility index (Phi) is 7.67. The zero-order valence-corrected chi connectivity index (χ0v) is 14.1. The molecular weight excluding hydrogens is 300 g/mol. The van der Waals surface area contributed by atoms with E-state index >= 15 is 0 Å². The van der Waals surface area contributed by atoms with Crippen molar-refractivity contribution in [3.8, 4) is 0 Å². The minimum Gasteiger partial charge on any atom is -0.326 e. The number of benzene rings is 1. The van der Waals surface area contributed by atoms with Gasteiger partial charge in [-0.25, -0.2) is 0 Å². The van der Waals surface area contributed by atoms with Crippen LogP contribution in [0, 0.1) is 0 Å². The Hall–Kier alpha value is -1.81. The van der Waals surface area contributed by atoms with E-state index in [-0.39, 0.29) is 11.8 Å². The van der Waals surface area contributed by atoms with Crippen LogP contribution >= 0.6 is 11.6 Å². The lowest BCUT2D eigenvalue weighted by Gasteiger charge is -2.10. The van der Waals surface area contributed by atoms with Gasteiger partial charge in [-0.05, 0) is 31.0 Å². The molecule has 0 aliphatic heterocycles. The third-order valence-electron chi connectivity index (χ3n) is 3.02. The molecule has 0 unspecified atom stereocenters. The fourth-order valence-corrected chi connectivity index (χ4v) is 2.33. The zero-order valence-electron chi connectivity index (χ0n) is 13.3. The predicted molar refractivity (Wildman–Crippen MR) is 92.3 cm³/mol. The highest BCUT2D eigenvalue weighted by Crippen LogP contribution is 2.26. The van der Waals surface area contributed by atoms with E-state index in [0.717, 1.165) is 31.3 Å². The minimum atomic E-state index is -0.196. The first kappa shape index (κ1) is 18.2. The van der Waals surface area contributed by atoms with E-state index in [2.05, 4.69) is 24.5 Å². The number of halogens is 1. The summed E-state index contributed by atoms with van der Waals surface area (Å²) in [6, 6.07) is 4.98. The van der Waals surface area contributed by atoms with Gasteiger partial charge in [0, 0.05) is 18.7 Å². The maximum atomic E-state index is 12.1. The summed E-state index contributed by atoms with van der Waals surface area (Å²) in [5.74, 6) is -0.369. The number of carbonyl (C=O) groups is 2. The number of amides is 2. The van der Waals surface area contributed by atoms with Gasteiger partial charge in [0.15, 0.2) is 0 Å². The molecule has 2 N–H and O–H groups in total. The van der Waals surface area contributed by atoms with E-state index in [1.165, 1.54) is 6.92 Å². The molecule has 0 heterocycles. The van der Waals surface area contributed by atoms with Crippen LogP contribution in [0.1, 0.15) is 46.5 Å². The van der Waals surface area contributed by atoms with Gasteiger partial charge < -0.3 is 10.6 Å². The highest BCUT2D eigenvalue weighted by molar-refractivity contribution is 6.34. The Morgan fingerprint density at radius 1 is 1.14 bits per heavy atom. The van der Waals surface area contributed by atoms with E-state index < -0.39 is 0 Å². The highest BCUT2D eigenvalue weighted by Gasteiger charge is 2.07. The summed E-state index contributed by atoms with van der Waals surface area (Å²) in [5.41, 5.74) is 2.22. The number of rotatable bonds is 7. The minimum absolute atomic E-state index is 0.173. The van der Waals surface area contributed by atoms with Crippen LogP contribution < -0.4 is 10.6 Å². The first-order valence-corrected chi connectivity index (χ1v) is 7.91. The molecule has 0 aromatic heterocycles. The standard InChI is InChI=1S/C17H23ClN2O2/c1-4-6-13(7-5-2)10-17(22)20-16-11-14(19-12(3)21)8-9-15(16)18/h8-11H,4-7H2,1-3H3,(H,19,21)(H,20,22). The second-order valence-electron chi connectivity index (χ2n) is 5.17. The van der Waals surface area contributed by atoms with Gasteiger partial charge in [0.05, 0.1) is 10.7 Å². The molecule has 0 saturated carbocycles. The van der Waals surface area contributed by atoms with Gasteiger partial charge in [0.1, 0.15) is 0 Å². The summed E-state index contributed by atoms with van der Waals surface area (Å²) in [6.45, 7) is 5.61. The van der Waals surface area contributed by atoms with Crippen LogP contribution in [0.2, 0.25) is 5.02 Å². The van der Waals surface area contributed by atoms with Gasteiger partial charge in [0.2, 0.25) is 11.8 Å². The molecule has 1 rings (SSSR count). The molecule has 0 atom stereocenters. The zero-order chi connectivity index (χ0) is 16.5. The molecule has 0 spiro atoms. The van der Waals surface area contributed by atoms with Crippen LogP contribution in [-0.4, -0.2) is 11.8 Å². The molecule has 0 bridgehead atoms. The number of allylic oxidation sites excluding steroid dienone is 1. The van der Waals surface area contributed by atoms with E-state index in [9.17, 15) is 9.59 Å². The Bertz CT molecular complexity index is 560. The van der Waals surface area contributed by atoms with Crippen LogP contribution in [0.4, 0.5) is 11.4 Å². The van der Waals surface area contributed by atoms with Crippen molar-refractivity contribution in [3.63, 3.8) is 0 Å². The summed E-state index contributed by atoms with van der Waals surface area (Å²) in [6.07, 6.45) is 5.51. The summed E-state index contributed by atoms with van der Waals surface area (Å²) in [7, 11) is 0. The Labute approximate surface area is 136 Å². The Balaban J connectivity index is 2.86. The van der Waals surface area contributed by atoms with Gasteiger partial charge >= 0.3 is 0 Å². The summed E-state index contributed by atoms with van der Waals surface area (Å²) in [5, 5.41) is 5.87. The SMILES string of the molecule is CCCC(=CC(=O)Nc1cc(NC(C)=O)ccc1Cl)CCC. The van der Waals surface area contributed by atoms with Crippen molar-refractivity contribution in [1.82, 2.24) is 0 Å². The summed E-state index contributed by atoms with van der Waals surface area (Å²) >= 11 is 6.09. The van der Waals surface area contributed by atoms with Crippen LogP contribution in [-0.2, 0) is 9.59 Å². The molecule has 120 valence electrons. The lowest BCUT2D eigenvalue weighted by molar-refractivity contribution is -0.114. The predicted octanol–water partition coefficient (Wildman–Crippen LogP) is 4.76. The normalized spacial score (nSPS) is 10.0. The molecule has 0 fully saturated rings. The lowest BCUT2D eigenvalue weighted by Crippen LogP contribution is -2.11. The van der Waals surface area contributed by atoms with Crippen molar-refractivity contribution >= 4 is 34.8 Å². The first-order chi connectivity index (χ1) is 10.5. The monoisotopic (exact) mass is 322 g/mol.